The maximum Gasteiger partial charge on any atom is 0.0363 e. The van der Waals surface area contributed by atoms with E-state index in [9.17, 15) is 0 Å². The molecule has 1 aromatic carbocycles. The zero-order valence-electron chi connectivity index (χ0n) is 10.7. The summed E-state index contributed by atoms with van der Waals surface area (Å²) in [5, 5.41) is 0. The van der Waals surface area contributed by atoms with Gasteiger partial charge in [0, 0.05) is 25.3 Å². The minimum Gasteiger partial charge on any atom is -0.375 e. The van der Waals surface area contributed by atoms with Gasteiger partial charge >= 0.3 is 0 Å². The standard InChI is InChI=1S/C14H24N2/c1-12-7-9-14(10-8-12)16(3)11-5-4-6-13(2)15/h7-10,13H,4-6,11,15H2,1-3H3. The molecule has 2 nitrogen and oxygen atoms in total. The Hall–Kier alpha value is -1.02. The maximum atomic E-state index is 5.72. The topological polar surface area (TPSA) is 29.3 Å². The van der Waals surface area contributed by atoms with Gasteiger partial charge in [-0.25, -0.2) is 0 Å². The predicted octanol–water partition coefficient (Wildman–Crippen LogP) is 2.95. The first kappa shape index (κ1) is 13.0. The summed E-state index contributed by atoms with van der Waals surface area (Å²) >= 11 is 0. The fourth-order valence-electron chi connectivity index (χ4n) is 1.74. The summed E-state index contributed by atoms with van der Waals surface area (Å²) in [5.41, 5.74) is 8.34. The number of benzene rings is 1. The molecule has 90 valence electrons. The lowest BCUT2D eigenvalue weighted by molar-refractivity contribution is 0.596. The summed E-state index contributed by atoms with van der Waals surface area (Å²) in [6.45, 7) is 5.30. The molecule has 1 atom stereocenters. The second-order valence-corrected chi connectivity index (χ2v) is 4.73. The van der Waals surface area contributed by atoms with Crippen molar-refractivity contribution in [3.8, 4) is 0 Å². The molecule has 0 fully saturated rings. The van der Waals surface area contributed by atoms with Crippen molar-refractivity contribution in [1.82, 2.24) is 0 Å². The van der Waals surface area contributed by atoms with E-state index >= 15 is 0 Å². The average molecular weight is 220 g/mol. The predicted molar refractivity (Wildman–Crippen MR) is 71.9 cm³/mol. The minimum absolute atomic E-state index is 0.338. The lowest BCUT2D eigenvalue weighted by Crippen LogP contribution is -2.19. The molecule has 2 heteroatoms. The van der Waals surface area contributed by atoms with Crippen LogP contribution in [0.5, 0.6) is 0 Å². The number of hydrogen-bond donors (Lipinski definition) is 1. The normalized spacial score (nSPS) is 12.5. The Morgan fingerprint density at radius 3 is 2.38 bits per heavy atom. The Bertz CT molecular complexity index is 290. The highest BCUT2D eigenvalue weighted by Crippen LogP contribution is 2.14. The zero-order chi connectivity index (χ0) is 12.0. The van der Waals surface area contributed by atoms with Gasteiger partial charge in [-0.15, -0.1) is 0 Å². The van der Waals surface area contributed by atoms with Crippen molar-refractivity contribution >= 4 is 5.69 Å². The Morgan fingerprint density at radius 2 is 1.81 bits per heavy atom. The fourth-order valence-corrected chi connectivity index (χ4v) is 1.74. The molecule has 0 aliphatic rings. The lowest BCUT2D eigenvalue weighted by Gasteiger charge is -2.19. The lowest BCUT2D eigenvalue weighted by atomic mass is 10.1. The van der Waals surface area contributed by atoms with Gasteiger partial charge in [0.1, 0.15) is 0 Å². The van der Waals surface area contributed by atoms with E-state index in [1.54, 1.807) is 0 Å². The summed E-state index contributed by atoms with van der Waals surface area (Å²) in [7, 11) is 2.15. The Labute approximate surface area is 99.5 Å². The molecule has 1 aromatic rings. The van der Waals surface area contributed by atoms with E-state index in [0.29, 0.717) is 6.04 Å². The van der Waals surface area contributed by atoms with Gasteiger partial charge in [0.2, 0.25) is 0 Å². The van der Waals surface area contributed by atoms with E-state index in [1.807, 2.05) is 0 Å². The summed E-state index contributed by atoms with van der Waals surface area (Å²) in [6, 6.07) is 9.02. The first-order valence-electron chi connectivity index (χ1n) is 6.13. The van der Waals surface area contributed by atoms with Crippen LogP contribution in [-0.2, 0) is 0 Å². The van der Waals surface area contributed by atoms with Crippen LogP contribution in [0.25, 0.3) is 0 Å². The maximum absolute atomic E-state index is 5.72. The van der Waals surface area contributed by atoms with Crippen LogP contribution < -0.4 is 10.6 Å². The number of aryl methyl sites for hydroxylation is 1. The molecule has 0 spiro atoms. The van der Waals surface area contributed by atoms with E-state index < -0.39 is 0 Å². The van der Waals surface area contributed by atoms with Crippen LogP contribution in [0.4, 0.5) is 5.69 Å². The third-order valence-electron chi connectivity index (χ3n) is 2.88. The monoisotopic (exact) mass is 220 g/mol. The Kier molecular flexibility index (Phi) is 5.33. The van der Waals surface area contributed by atoms with E-state index in [1.165, 1.54) is 24.1 Å². The highest BCUT2D eigenvalue weighted by atomic mass is 15.1. The summed E-state index contributed by atoms with van der Waals surface area (Å²) in [4.78, 5) is 2.31. The molecule has 1 unspecified atom stereocenters. The molecule has 0 amide bonds. The second-order valence-electron chi connectivity index (χ2n) is 4.73. The van der Waals surface area contributed by atoms with Crippen molar-refractivity contribution in [2.24, 2.45) is 5.73 Å². The molecule has 0 radical (unpaired) electrons. The summed E-state index contributed by atoms with van der Waals surface area (Å²) in [5.74, 6) is 0. The van der Waals surface area contributed by atoms with Gasteiger partial charge in [-0.05, 0) is 38.8 Å². The first-order chi connectivity index (χ1) is 7.59. The molecule has 0 bridgehead atoms. The molecular weight excluding hydrogens is 196 g/mol. The molecule has 2 N–H and O–H groups in total. The third-order valence-corrected chi connectivity index (χ3v) is 2.88. The van der Waals surface area contributed by atoms with Crippen LogP contribution in [0, 0.1) is 6.92 Å². The molecule has 0 heterocycles. The second kappa shape index (κ2) is 6.54. The summed E-state index contributed by atoms with van der Waals surface area (Å²) in [6.07, 6.45) is 3.56. The third kappa shape index (κ3) is 4.67. The van der Waals surface area contributed by atoms with Crippen LogP contribution >= 0.6 is 0 Å². The van der Waals surface area contributed by atoms with Crippen molar-refractivity contribution < 1.29 is 0 Å². The van der Waals surface area contributed by atoms with Gasteiger partial charge in [0.15, 0.2) is 0 Å². The molecule has 0 saturated carbocycles. The van der Waals surface area contributed by atoms with Gasteiger partial charge < -0.3 is 10.6 Å². The van der Waals surface area contributed by atoms with Gasteiger partial charge in [-0.3, -0.25) is 0 Å². The fraction of sp³-hybridized carbons (Fsp3) is 0.571. The van der Waals surface area contributed by atoms with Crippen molar-refractivity contribution in [2.45, 2.75) is 39.2 Å². The molecule has 0 aromatic heterocycles. The number of anilines is 1. The van der Waals surface area contributed by atoms with Crippen molar-refractivity contribution in [3.63, 3.8) is 0 Å². The first-order valence-corrected chi connectivity index (χ1v) is 6.13. The van der Waals surface area contributed by atoms with Crippen molar-refractivity contribution in [2.75, 3.05) is 18.5 Å². The van der Waals surface area contributed by atoms with Crippen LogP contribution in [0.15, 0.2) is 24.3 Å². The van der Waals surface area contributed by atoms with Gasteiger partial charge in [-0.2, -0.15) is 0 Å². The van der Waals surface area contributed by atoms with E-state index in [4.69, 9.17) is 5.73 Å². The summed E-state index contributed by atoms with van der Waals surface area (Å²) < 4.78 is 0. The zero-order valence-corrected chi connectivity index (χ0v) is 10.7. The number of nitrogens with two attached hydrogens (primary N) is 1. The highest BCUT2D eigenvalue weighted by Gasteiger charge is 2.00. The minimum atomic E-state index is 0.338. The van der Waals surface area contributed by atoms with E-state index in [2.05, 4.69) is 50.1 Å². The average Bonchev–Trinajstić information content (AvgIpc) is 2.25. The van der Waals surface area contributed by atoms with Gasteiger partial charge in [0.05, 0.1) is 0 Å². The van der Waals surface area contributed by atoms with E-state index in [-0.39, 0.29) is 0 Å². The number of nitrogens with zero attached hydrogens (tertiary/aromatic N) is 1. The smallest absolute Gasteiger partial charge is 0.0363 e. The largest absolute Gasteiger partial charge is 0.375 e. The molecule has 0 saturated heterocycles. The molecule has 16 heavy (non-hydrogen) atoms. The number of unbranched alkanes of at least 4 members (excludes halogenated alkanes) is 1. The molecule has 0 aliphatic carbocycles. The van der Waals surface area contributed by atoms with Crippen LogP contribution in [0.1, 0.15) is 31.7 Å². The van der Waals surface area contributed by atoms with Crippen molar-refractivity contribution in [3.05, 3.63) is 29.8 Å². The molecule has 0 aliphatic heterocycles. The quantitative estimate of drug-likeness (QED) is 0.747. The number of hydrogen-bond acceptors (Lipinski definition) is 2. The highest BCUT2D eigenvalue weighted by molar-refractivity contribution is 5.46. The van der Waals surface area contributed by atoms with Crippen LogP contribution in [0.2, 0.25) is 0 Å². The van der Waals surface area contributed by atoms with Gasteiger partial charge in [0.25, 0.3) is 0 Å². The Morgan fingerprint density at radius 1 is 1.19 bits per heavy atom. The van der Waals surface area contributed by atoms with E-state index in [0.717, 1.165) is 13.0 Å². The Balaban J connectivity index is 2.29. The van der Waals surface area contributed by atoms with Crippen LogP contribution in [0.3, 0.4) is 0 Å². The SMILES string of the molecule is Cc1ccc(N(C)CCCCC(C)N)cc1. The van der Waals surface area contributed by atoms with Crippen LogP contribution in [-0.4, -0.2) is 19.6 Å². The molecule has 1 rings (SSSR count). The molecular formula is C14H24N2. The van der Waals surface area contributed by atoms with Crippen molar-refractivity contribution in [1.29, 1.82) is 0 Å². The number of rotatable bonds is 6. The van der Waals surface area contributed by atoms with Gasteiger partial charge in [-0.1, -0.05) is 24.1 Å².